The van der Waals surface area contributed by atoms with Crippen LogP contribution in [0.5, 0.6) is 0 Å². The maximum Gasteiger partial charge on any atom is 0.441 e. The lowest BCUT2D eigenvalue weighted by atomic mass is 10.1. The first kappa shape index (κ1) is 13.1. The first-order valence-electron chi connectivity index (χ1n) is 5.07. The maximum atomic E-state index is 11.8. The Labute approximate surface area is 92.6 Å². The molecular weight excluding hydrogens is 225 g/mol. The van der Waals surface area contributed by atoms with Crippen LogP contribution in [0.4, 0.5) is 13.2 Å². The van der Waals surface area contributed by atoms with Crippen molar-refractivity contribution in [2.24, 2.45) is 5.92 Å². The number of nitrogens with one attached hydrogen (secondary N) is 1. The molecule has 0 aromatic heterocycles. The van der Waals surface area contributed by atoms with Crippen LogP contribution >= 0.6 is 11.8 Å². The second-order valence-corrected chi connectivity index (χ2v) is 5.08. The van der Waals surface area contributed by atoms with Crippen molar-refractivity contribution in [3.63, 3.8) is 0 Å². The fourth-order valence-electron chi connectivity index (χ4n) is 1.74. The van der Waals surface area contributed by atoms with Gasteiger partial charge >= 0.3 is 5.51 Å². The van der Waals surface area contributed by atoms with E-state index in [4.69, 9.17) is 0 Å². The van der Waals surface area contributed by atoms with Crippen molar-refractivity contribution in [3.8, 4) is 0 Å². The lowest BCUT2D eigenvalue weighted by Gasteiger charge is -2.11. The summed E-state index contributed by atoms with van der Waals surface area (Å²) in [6.45, 7) is 3.43. The minimum atomic E-state index is -4.09. The lowest BCUT2D eigenvalue weighted by Crippen LogP contribution is -2.27. The van der Waals surface area contributed by atoms with Gasteiger partial charge in [-0.3, -0.25) is 0 Å². The number of likely N-dealkylation sites (tertiary alicyclic amines) is 1. The molecule has 0 aromatic carbocycles. The SMILES string of the molecule is CN1CCC(CNCCSC(F)(F)F)C1. The van der Waals surface area contributed by atoms with Gasteiger partial charge in [-0.1, -0.05) is 0 Å². The third kappa shape index (κ3) is 6.27. The molecule has 1 fully saturated rings. The lowest BCUT2D eigenvalue weighted by molar-refractivity contribution is -0.0327. The van der Waals surface area contributed by atoms with Crippen LogP contribution in [0.15, 0.2) is 0 Å². The highest BCUT2D eigenvalue weighted by atomic mass is 32.2. The molecule has 2 nitrogen and oxygen atoms in total. The smallest absolute Gasteiger partial charge is 0.316 e. The summed E-state index contributed by atoms with van der Waals surface area (Å²) < 4.78 is 35.3. The summed E-state index contributed by atoms with van der Waals surface area (Å²) in [5.41, 5.74) is -4.09. The number of thioether (sulfide) groups is 1. The molecule has 1 unspecified atom stereocenters. The van der Waals surface area contributed by atoms with E-state index in [1.807, 2.05) is 0 Å². The predicted octanol–water partition coefficient (Wildman–Crippen LogP) is 1.78. The van der Waals surface area contributed by atoms with Crippen LogP contribution in [0.25, 0.3) is 0 Å². The average molecular weight is 242 g/mol. The van der Waals surface area contributed by atoms with E-state index in [1.54, 1.807) is 0 Å². The quantitative estimate of drug-likeness (QED) is 0.740. The summed E-state index contributed by atoms with van der Waals surface area (Å²) in [4.78, 5) is 2.25. The summed E-state index contributed by atoms with van der Waals surface area (Å²) in [7, 11) is 2.07. The van der Waals surface area contributed by atoms with E-state index in [1.165, 1.54) is 0 Å². The summed E-state index contributed by atoms with van der Waals surface area (Å²) in [6.07, 6.45) is 1.15. The minimum absolute atomic E-state index is 0.0437. The molecule has 1 N–H and O–H groups in total. The van der Waals surface area contributed by atoms with Gasteiger partial charge in [0.05, 0.1) is 0 Å². The molecule has 90 valence electrons. The summed E-state index contributed by atoms with van der Waals surface area (Å²) in [6, 6.07) is 0. The summed E-state index contributed by atoms with van der Waals surface area (Å²) >= 11 is 0.0437. The molecule has 1 atom stereocenters. The molecule has 6 heteroatoms. The minimum Gasteiger partial charge on any atom is -0.316 e. The molecule has 0 spiro atoms. The number of halogens is 3. The van der Waals surface area contributed by atoms with Gasteiger partial charge in [0.25, 0.3) is 0 Å². The molecule has 0 aliphatic carbocycles. The van der Waals surface area contributed by atoms with Crippen LogP contribution in [0.1, 0.15) is 6.42 Å². The molecule has 1 aliphatic heterocycles. The van der Waals surface area contributed by atoms with Crippen molar-refractivity contribution in [2.75, 3.05) is 39.0 Å². The average Bonchev–Trinajstić information content (AvgIpc) is 2.49. The van der Waals surface area contributed by atoms with Crippen LogP contribution in [0.2, 0.25) is 0 Å². The fraction of sp³-hybridized carbons (Fsp3) is 1.00. The number of hydrogen-bond donors (Lipinski definition) is 1. The predicted molar refractivity (Wildman–Crippen MR) is 57.0 cm³/mol. The topological polar surface area (TPSA) is 15.3 Å². The number of rotatable bonds is 5. The van der Waals surface area contributed by atoms with Crippen molar-refractivity contribution in [1.82, 2.24) is 10.2 Å². The third-order valence-corrected chi connectivity index (χ3v) is 3.20. The van der Waals surface area contributed by atoms with Gasteiger partial charge in [0.15, 0.2) is 0 Å². The van der Waals surface area contributed by atoms with Crippen LogP contribution in [-0.4, -0.2) is 49.4 Å². The highest BCUT2D eigenvalue weighted by Crippen LogP contribution is 2.29. The van der Waals surface area contributed by atoms with E-state index in [-0.39, 0.29) is 17.5 Å². The number of alkyl halides is 3. The van der Waals surface area contributed by atoms with E-state index < -0.39 is 5.51 Å². The zero-order chi connectivity index (χ0) is 11.3. The highest BCUT2D eigenvalue weighted by Gasteiger charge is 2.27. The Bertz CT molecular complexity index is 187. The number of nitrogens with zero attached hydrogens (tertiary/aromatic N) is 1. The fourth-order valence-corrected chi connectivity index (χ4v) is 2.22. The van der Waals surface area contributed by atoms with Crippen LogP contribution < -0.4 is 5.32 Å². The van der Waals surface area contributed by atoms with E-state index in [0.29, 0.717) is 12.5 Å². The van der Waals surface area contributed by atoms with Gasteiger partial charge in [0, 0.05) is 18.8 Å². The Kier molecular flexibility index (Phi) is 5.22. The summed E-state index contributed by atoms with van der Waals surface area (Å²) in [5.74, 6) is 0.706. The van der Waals surface area contributed by atoms with E-state index in [9.17, 15) is 13.2 Å². The van der Waals surface area contributed by atoms with Gasteiger partial charge in [-0.05, 0) is 44.2 Å². The molecule has 1 rings (SSSR count). The van der Waals surface area contributed by atoms with Gasteiger partial charge in [0.2, 0.25) is 0 Å². The zero-order valence-electron chi connectivity index (χ0n) is 8.81. The van der Waals surface area contributed by atoms with Crippen LogP contribution in [-0.2, 0) is 0 Å². The van der Waals surface area contributed by atoms with Gasteiger partial charge < -0.3 is 10.2 Å². The first-order chi connectivity index (χ1) is 6.97. The molecule has 0 bridgehead atoms. The van der Waals surface area contributed by atoms with Crippen molar-refractivity contribution < 1.29 is 13.2 Å². The second kappa shape index (κ2) is 5.96. The molecule has 0 aromatic rings. The normalized spacial score (nSPS) is 23.6. The second-order valence-electron chi connectivity index (χ2n) is 3.92. The monoisotopic (exact) mass is 242 g/mol. The molecule has 1 saturated heterocycles. The Balaban J connectivity index is 1.93. The zero-order valence-corrected chi connectivity index (χ0v) is 9.63. The van der Waals surface area contributed by atoms with Gasteiger partial charge in [-0.15, -0.1) is 0 Å². The van der Waals surface area contributed by atoms with Crippen LogP contribution in [0, 0.1) is 5.92 Å². The number of hydrogen-bond acceptors (Lipinski definition) is 3. The Morgan fingerprint density at radius 1 is 1.47 bits per heavy atom. The van der Waals surface area contributed by atoms with Crippen molar-refractivity contribution >= 4 is 11.8 Å². The maximum absolute atomic E-state index is 11.8. The van der Waals surface area contributed by atoms with Gasteiger partial charge in [-0.25, -0.2) is 0 Å². The van der Waals surface area contributed by atoms with Crippen molar-refractivity contribution in [2.45, 2.75) is 11.9 Å². The molecule has 0 radical (unpaired) electrons. The Morgan fingerprint density at radius 2 is 2.20 bits per heavy atom. The highest BCUT2D eigenvalue weighted by molar-refractivity contribution is 8.00. The Hall–Kier alpha value is 0.0600. The molecule has 15 heavy (non-hydrogen) atoms. The van der Waals surface area contributed by atoms with E-state index in [2.05, 4.69) is 17.3 Å². The summed E-state index contributed by atoms with van der Waals surface area (Å²) in [5, 5.41) is 3.07. The van der Waals surface area contributed by atoms with E-state index >= 15 is 0 Å². The van der Waals surface area contributed by atoms with E-state index in [0.717, 1.165) is 26.1 Å². The standard InChI is InChI=1S/C9H17F3N2S/c1-14-4-2-8(7-14)6-13-3-5-15-9(10,11)12/h8,13H,2-7H2,1H3. The van der Waals surface area contributed by atoms with Gasteiger partial charge in [0.1, 0.15) is 0 Å². The molecule has 1 aliphatic rings. The molecular formula is C9H17F3N2S. The van der Waals surface area contributed by atoms with Gasteiger partial charge in [-0.2, -0.15) is 13.2 Å². The van der Waals surface area contributed by atoms with Crippen molar-refractivity contribution in [3.05, 3.63) is 0 Å². The third-order valence-electron chi connectivity index (χ3n) is 2.47. The molecule has 0 saturated carbocycles. The molecule has 1 heterocycles. The van der Waals surface area contributed by atoms with Crippen LogP contribution in [0.3, 0.4) is 0 Å². The largest absolute Gasteiger partial charge is 0.441 e. The van der Waals surface area contributed by atoms with Crippen molar-refractivity contribution in [1.29, 1.82) is 0 Å². The Morgan fingerprint density at radius 3 is 2.73 bits per heavy atom. The first-order valence-corrected chi connectivity index (χ1v) is 6.06. The molecule has 0 amide bonds.